The van der Waals surface area contributed by atoms with E-state index in [9.17, 15) is 4.79 Å². The SMILES string of the molecule is Cc1nn(C)c2ncc(CN3CCN(C(=O)c4ccc(Cl)cc4Cl)CC3)cc12. The number of nitrogens with zero attached hydrogens (tertiary/aromatic N) is 5. The molecule has 0 radical (unpaired) electrons. The third kappa shape index (κ3) is 3.72. The molecule has 0 bridgehead atoms. The van der Waals surface area contributed by atoms with Crippen LogP contribution in [0.25, 0.3) is 11.0 Å². The van der Waals surface area contributed by atoms with Crippen molar-refractivity contribution in [3.8, 4) is 0 Å². The van der Waals surface area contributed by atoms with E-state index in [0.29, 0.717) is 28.7 Å². The van der Waals surface area contributed by atoms with Crippen LogP contribution in [0.4, 0.5) is 0 Å². The Bertz CT molecular complexity index is 1040. The van der Waals surface area contributed by atoms with Gasteiger partial charge in [0.05, 0.1) is 16.3 Å². The summed E-state index contributed by atoms with van der Waals surface area (Å²) in [6.07, 6.45) is 1.91. The fraction of sp³-hybridized carbons (Fsp3) is 0.350. The molecule has 146 valence electrons. The average molecular weight is 418 g/mol. The van der Waals surface area contributed by atoms with Crippen molar-refractivity contribution >= 4 is 40.1 Å². The summed E-state index contributed by atoms with van der Waals surface area (Å²) in [4.78, 5) is 21.5. The van der Waals surface area contributed by atoms with Crippen molar-refractivity contribution in [1.29, 1.82) is 0 Å². The molecular formula is C20H21Cl2N5O. The first-order chi connectivity index (χ1) is 13.4. The number of amides is 1. The number of carbonyl (C=O) groups is 1. The highest BCUT2D eigenvalue weighted by Crippen LogP contribution is 2.23. The Morgan fingerprint density at radius 1 is 1.14 bits per heavy atom. The Labute approximate surface area is 173 Å². The molecule has 8 heteroatoms. The molecule has 4 rings (SSSR count). The number of hydrogen-bond acceptors (Lipinski definition) is 4. The first kappa shape index (κ1) is 19.2. The van der Waals surface area contributed by atoms with Crippen molar-refractivity contribution in [3.05, 3.63) is 57.3 Å². The number of fused-ring (bicyclic) bond motifs is 1. The van der Waals surface area contributed by atoms with Gasteiger partial charge in [-0.15, -0.1) is 0 Å². The molecule has 1 aromatic carbocycles. The highest BCUT2D eigenvalue weighted by atomic mass is 35.5. The van der Waals surface area contributed by atoms with Gasteiger partial charge >= 0.3 is 0 Å². The molecule has 1 amide bonds. The van der Waals surface area contributed by atoms with Gasteiger partial charge in [-0.1, -0.05) is 23.2 Å². The highest BCUT2D eigenvalue weighted by molar-refractivity contribution is 6.36. The lowest BCUT2D eigenvalue weighted by molar-refractivity contribution is 0.0628. The molecule has 0 saturated carbocycles. The van der Waals surface area contributed by atoms with Crippen LogP contribution in [0.1, 0.15) is 21.6 Å². The third-order valence-electron chi connectivity index (χ3n) is 5.15. The average Bonchev–Trinajstić information content (AvgIpc) is 2.95. The van der Waals surface area contributed by atoms with Crippen LogP contribution in [0.15, 0.2) is 30.5 Å². The Hall–Kier alpha value is -2.15. The van der Waals surface area contributed by atoms with Gasteiger partial charge in [0.1, 0.15) is 0 Å². The normalized spacial score (nSPS) is 15.4. The van der Waals surface area contributed by atoms with E-state index in [-0.39, 0.29) is 5.91 Å². The lowest BCUT2D eigenvalue weighted by atomic mass is 10.1. The number of carbonyl (C=O) groups excluding carboxylic acids is 1. The number of benzene rings is 1. The minimum absolute atomic E-state index is 0.0459. The Morgan fingerprint density at radius 2 is 1.89 bits per heavy atom. The number of halogens is 2. The second kappa shape index (κ2) is 7.70. The predicted octanol–water partition coefficient (Wildman–Crippen LogP) is 3.54. The van der Waals surface area contributed by atoms with Crippen LogP contribution in [-0.4, -0.2) is 56.7 Å². The lowest BCUT2D eigenvalue weighted by Crippen LogP contribution is -2.48. The molecule has 2 aromatic heterocycles. The fourth-order valence-corrected chi connectivity index (χ4v) is 4.13. The second-order valence-electron chi connectivity index (χ2n) is 7.12. The molecule has 6 nitrogen and oxygen atoms in total. The summed E-state index contributed by atoms with van der Waals surface area (Å²) in [7, 11) is 1.91. The van der Waals surface area contributed by atoms with Crippen molar-refractivity contribution in [2.24, 2.45) is 7.05 Å². The molecule has 1 saturated heterocycles. The van der Waals surface area contributed by atoms with Gasteiger partial charge in [0.25, 0.3) is 5.91 Å². The summed E-state index contributed by atoms with van der Waals surface area (Å²) in [5, 5.41) is 6.44. The maximum atomic E-state index is 12.7. The van der Waals surface area contributed by atoms with E-state index < -0.39 is 0 Å². The smallest absolute Gasteiger partial charge is 0.255 e. The van der Waals surface area contributed by atoms with Gasteiger partial charge in [-0.2, -0.15) is 5.10 Å². The molecule has 0 spiro atoms. The Balaban J connectivity index is 1.40. The molecule has 3 aromatic rings. The van der Waals surface area contributed by atoms with Gasteiger partial charge < -0.3 is 4.90 Å². The third-order valence-corrected chi connectivity index (χ3v) is 5.69. The number of aryl methyl sites for hydroxylation is 2. The molecule has 3 heterocycles. The molecular weight excluding hydrogens is 397 g/mol. The van der Waals surface area contributed by atoms with Crippen LogP contribution in [-0.2, 0) is 13.6 Å². The monoisotopic (exact) mass is 417 g/mol. The summed E-state index contributed by atoms with van der Waals surface area (Å²) in [5.74, 6) is -0.0459. The summed E-state index contributed by atoms with van der Waals surface area (Å²) in [6.45, 7) is 5.75. The fourth-order valence-electron chi connectivity index (χ4n) is 3.64. The van der Waals surface area contributed by atoms with Gasteiger partial charge in [-0.3, -0.25) is 14.4 Å². The van der Waals surface area contributed by atoms with E-state index in [4.69, 9.17) is 23.2 Å². The van der Waals surface area contributed by atoms with E-state index in [0.717, 1.165) is 41.9 Å². The van der Waals surface area contributed by atoms with E-state index in [1.807, 2.05) is 25.1 Å². The summed E-state index contributed by atoms with van der Waals surface area (Å²) in [6, 6.07) is 7.16. The van der Waals surface area contributed by atoms with E-state index in [1.165, 1.54) is 0 Å². The highest BCUT2D eigenvalue weighted by Gasteiger charge is 2.24. The number of pyridine rings is 1. The molecule has 1 aliphatic heterocycles. The number of hydrogen-bond donors (Lipinski definition) is 0. The topological polar surface area (TPSA) is 54.3 Å². The summed E-state index contributed by atoms with van der Waals surface area (Å²) in [5.41, 5.74) is 3.55. The minimum Gasteiger partial charge on any atom is -0.336 e. The van der Waals surface area contributed by atoms with Gasteiger partial charge in [0, 0.05) is 56.4 Å². The summed E-state index contributed by atoms with van der Waals surface area (Å²) >= 11 is 12.1. The quantitative estimate of drug-likeness (QED) is 0.653. The van der Waals surface area contributed by atoms with Gasteiger partial charge in [-0.25, -0.2) is 4.98 Å². The maximum absolute atomic E-state index is 12.7. The zero-order chi connectivity index (χ0) is 19.8. The van der Waals surface area contributed by atoms with E-state index in [1.54, 1.807) is 22.9 Å². The first-order valence-corrected chi connectivity index (χ1v) is 9.93. The number of aromatic nitrogens is 3. The first-order valence-electron chi connectivity index (χ1n) is 9.17. The standard InChI is InChI=1S/C20H21Cl2N5O/c1-13-17-9-14(11-23-19(17)25(2)24-13)12-26-5-7-27(8-6-26)20(28)16-4-3-15(21)10-18(16)22/h3-4,9-11H,5-8,12H2,1-2H3. The summed E-state index contributed by atoms with van der Waals surface area (Å²) < 4.78 is 1.81. The molecule has 1 fully saturated rings. The predicted molar refractivity (Wildman–Crippen MR) is 111 cm³/mol. The van der Waals surface area contributed by atoms with Crippen LogP contribution in [0.5, 0.6) is 0 Å². The van der Waals surface area contributed by atoms with E-state index >= 15 is 0 Å². The number of piperazine rings is 1. The number of rotatable bonds is 3. The van der Waals surface area contributed by atoms with Crippen LogP contribution in [0.2, 0.25) is 10.0 Å². The molecule has 1 aliphatic rings. The van der Waals surface area contributed by atoms with Crippen LogP contribution < -0.4 is 0 Å². The molecule has 0 aliphatic carbocycles. The molecule has 0 N–H and O–H groups in total. The van der Waals surface area contributed by atoms with Gasteiger partial charge in [0.2, 0.25) is 0 Å². The molecule has 0 atom stereocenters. The van der Waals surface area contributed by atoms with Gasteiger partial charge in [0.15, 0.2) is 5.65 Å². The Kier molecular flexibility index (Phi) is 5.27. The van der Waals surface area contributed by atoms with E-state index in [2.05, 4.69) is 21.0 Å². The molecule has 28 heavy (non-hydrogen) atoms. The van der Waals surface area contributed by atoms with Crippen molar-refractivity contribution in [1.82, 2.24) is 24.6 Å². The largest absolute Gasteiger partial charge is 0.336 e. The molecule has 0 unspecified atom stereocenters. The minimum atomic E-state index is -0.0459. The zero-order valence-electron chi connectivity index (χ0n) is 15.8. The van der Waals surface area contributed by atoms with Crippen molar-refractivity contribution < 1.29 is 4.79 Å². The lowest BCUT2D eigenvalue weighted by Gasteiger charge is -2.34. The van der Waals surface area contributed by atoms with Gasteiger partial charge in [-0.05, 0) is 36.8 Å². The second-order valence-corrected chi connectivity index (χ2v) is 7.96. The zero-order valence-corrected chi connectivity index (χ0v) is 17.3. The van der Waals surface area contributed by atoms with Crippen molar-refractivity contribution in [3.63, 3.8) is 0 Å². The van der Waals surface area contributed by atoms with Crippen LogP contribution in [0, 0.1) is 6.92 Å². The van der Waals surface area contributed by atoms with Crippen LogP contribution in [0.3, 0.4) is 0 Å². The van der Waals surface area contributed by atoms with Crippen LogP contribution >= 0.6 is 23.2 Å². The van der Waals surface area contributed by atoms with Crippen molar-refractivity contribution in [2.75, 3.05) is 26.2 Å². The maximum Gasteiger partial charge on any atom is 0.255 e. The Morgan fingerprint density at radius 3 is 2.61 bits per heavy atom. The van der Waals surface area contributed by atoms with Crippen molar-refractivity contribution in [2.45, 2.75) is 13.5 Å².